The van der Waals surface area contributed by atoms with E-state index in [9.17, 15) is 19.5 Å². The second kappa shape index (κ2) is 11.5. The van der Waals surface area contributed by atoms with Gasteiger partial charge in [0.1, 0.15) is 5.75 Å². The first-order valence-corrected chi connectivity index (χ1v) is 18.0. The number of hydrogen-bond acceptors (Lipinski definition) is 6. The van der Waals surface area contributed by atoms with E-state index in [1.807, 2.05) is 84.3 Å². The first kappa shape index (κ1) is 31.0. The number of phenols is 1. The smallest absolute Gasteiger partial charge is 0.246 e. The molecule has 2 aliphatic carbocycles. The van der Waals surface area contributed by atoms with Gasteiger partial charge in [-0.15, -0.1) is 11.3 Å². The van der Waals surface area contributed by atoms with Crippen LogP contribution in [0.2, 0.25) is 5.02 Å². The van der Waals surface area contributed by atoms with Crippen molar-refractivity contribution < 1.29 is 24.3 Å². The maximum atomic E-state index is 15.5. The van der Waals surface area contributed by atoms with Crippen LogP contribution in [-0.2, 0) is 31.1 Å². The molecule has 0 bridgehead atoms. The molecule has 50 heavy (non-hydrogen) atoms. The molecule has 2 saturated heterocycles. The lowest BCUT2D eigenvalue weighted by atomic mass is 9.48. The summed E-state index contributed by atoms with van der Waals surface area (Å²) in [6.45, 7) is 0.204. The lowest BCUT2D eigenvalue weighted by molar-refractivity contribution is -0.141. The normalized spacial score (nSPS) is 27.4. The summed E-state index contributed by atoms with van der Waals surface area (Å²) in [6, 6.07) is 31.1. The Kier molecular flexibility index (Phi) is 7.13. The van der Waals surface area contributed by atoms with E-state index in [2.05, 4.69) is 0 Å². The van der Waals surface area contributed by atoms with Gasteiger partial charge in [0.15, 0.2) is 0 Å². The Balaban J connectivity index is 1.30. The summed E-state index contributed by atoms with van der Waals surface area (Å²) >= 11 is 7.92. The number of fused-ring (bicyclic) bond motifs is 5. The number of halogens is 1. The number of imide groups is 2. The molecule has 7 nitrogen and oxygen atoms in total. The Morgan fingerprint density at radius 2 is 1.62 bits per heavy atom. The number of aromatic hydroxyl groups is 1. The Labute approximate surface area is 297 Å². The summed E-state index contributed by atoms with van der Waals surface area (Å²) in [5.41, 5.74) is 0.889. The minimum atomic E-state index is -1.47. The van der Waals surface area contributed by atoms with Crippen LogP contribution in [0.15, 0.2) is 120 Å². The number of rotatable bonds is 5. The predicted molar refractivity (Wildman–Crippen MR) is 192 cm³/mol. The molecule has 1 aromatic heterocycles. The van der Waals surface area contributed by atoms with Gasteiger partial charge in [-0.05, 0) is 70.8 Å². The average molecular weight is 699 g/mol. The van der Waals surface area contributed by atoms with E-state index < -0.39 is 40.9 Å². The quantitative estimate of drug-likeness (QED) is 0.151. The highest BCUT2D eigenvalue weighted by atomic mass is 35.5. The molecule has 4 aromatic carbocycles. The van der Waals surface area contributed by atoms with Crippen LogP contribution in [0.3, 0.4) is 0 Å². The third-order valence-corrected chi connectivity index (χ3v) is 12.5. The number of nitrogens with zero attached hydrogens (tertiary/aromatic N) is 2. The second-order valence-corrected chi connectivity index (χ2v) is 15.1. The monoisotopic (exact) mass is 698 g/mol. The summed E-state index contributed by atoms with van der Waals surface area (Å²) in [7, 11) is 0. The molecule has 6 atom stereocenters. The third kappa shape index (κ3) is 4.28. The van der Waals surface area contributed by atoms with Gasteiger partial charge in [-0.25, -0.2) is 4.90 Å². The number of benzene rings is 4. The van der Waals surface area contributed by atoms with Crippen LogP contribution in [0, 0.1) is 23.7 Å². The predicted octanol–water partition coefficient (Wildman–Crippen LogP) is 7.62. The molecule has 9 rings (SSSR count). The van der Waals surface area contributed by atoms with Gasteiger partial charge in [-0.1, -0.05) is 96.0 Å². The fourth-order valence-electron chi connectivity index (χ4n) is 9.42. The lowest BCUT2D eigenvalue weighted by Crippen LogP contribution is -2.53. The Hall–Kier alpha value is -5.05. The third-order valence-electron chi connectivity index (χ3n) is 11.4. The summed E-state index contributed by atoms with van der Waals surface area (Å²) in [6.07, 6.45) is 2.54. The highest BCUT2D eigenvalue weighted by Gasteiger charge is 2.70. The van der Waals surface area contributed by atoms with Gasteiger partial charge in [0.2, 0.25) is 23.6 Å². The van der Waals surface area contributed by atoms with E-state index in [0.717, 1.165) is 21.2 Å². The van der Waals surface area contributed by atoms with E-state index >= 15 is 4.79 Å². The molecular weight excluding hydrogens is 668 g/mol. The lowest BCUT2D eigenvalue weighted by Gasteiger charge is -2.51. The Bertz CT molecular complexity index is 2270. The fraction of sp³-hybridized carbons (Fsp3) is 0.220. The maximum absolute atomic E-state index is 15.5. The van der Waals surface area contributed by atoms with Crippen molar-refractivity contribution >= 4 is 63.0 Å². The Morgan fingerprint density at radius 3 is 2.40 bits per heavy atom. The van der Waals surface area contributed by atoms with Gasteiger partial charge in [-0.2, -0.15) is 0 Å². The molecule has 3 fully saturated rings. The summed E-state index contributed by atoms with van der Waals surface area (Å²) in [5.74, 6) is -4.76. The first-order valence-electron chi connectivity index (χ1n) is 16.8. The number of carbonyl (C=O) groups excluding carboxylic acids is 4. The first-order chi connectivity index (χ1) is 24.3. The number of likely N-dealkylation sites (tertiary alicyclic amines) is 1. The maximum Gasteiger partial charge on any atom is 0.246 e. The van der Waals surface area contributed by atoms with Gasteiger partial charge < -0.3 is 5.11 Å². The van der Waals surface area contributed by atoms with Crippen molar-refractivity contribution in [1.82, 2.24) is 4.90 Å². The second-order valence-electron chi connectivity index (χ2n) is 13.7. The molecule has 1 N–H and O–H groups in total. The molecule has 248 valence electrons. The number of allylic oxidation sites excluding steroid dienone is 2. The summed E-state index contributed by atoms with van der Waals surface area (Å²) < 4.78 is 0. The Morgan fingerprint density at radius 1 is 0.820 bits per heavy atom. The van der Waals surface area contributed by atoms with Crippen LogP contribution < -0.4 is 4.90 Å². The van der Waals surface area contributed by atoms with Gasteiger partial charge in [0.25, 0.3) is 0 Å². The molecule has 9 heteroatoms. The number of thiophene rings is 1. The highest BCUT2D eigenvalue weighted by Crippen LogP contribution is 2.66. The minimum Gasteiger partial charge on any atom is -0.508 e. The highest BCUT2D eigenvalue weighted by molar-refractivity contribution is 7.09. The molecular formula is C41H31ClN2O5S. The van der Waals surface area contributed by atoms with E-state index in [-0.39, 0.29) is 36.4 Å². The minimum absolute atomic E-state index is 0.000955. The van der Waals surface area contributed by atoms with E-state index in [1.165, 1.54) is 21.1 Å². The largest absolute Gasteiger partial charge is 0.508 e. The molecule has 2 aliphatic heterocycles. The zero-order valence-electron chi connectivity index (χ0n) is 26.7. The van der Waals surface area contributed by atoms with Crippen molar-refractivity contribution in [3.05, 3.63) is 141 Å². The number of anilines is 1. The van der Waals surface area contributed by atoms with Gasteiger partial charge in [-0.3, -0.25) is 24.1 Å². The molecule has 5 aromatic rings. The molecule has 1 saturated carbocycles. The number of carbonyl (C=O) groups is 4. The summed E-state index contributed by atoms with van der Waals surface area (Å²) in [5, 5.41) is 15.8. The zero-order valence-corrected chi connectivity index (χ0v) is 28.3. The number of phenolic OH excluding ortho intramolecular Hbond substituents is 1. The van der Waals surface area contributed by atoms with Crippen molar-refractivity contribution in [2.45, 2.75) is 30.7 Å². The van der Waals surface area contributed by atoms with Gasteiger partial charge in [0.05, 0.1) is 35.4 Å². The van der Waals surface area contributed by atoms with Crippen molar-refractivity contribution in [1.29, 1.82) is 0 Å². The van der Waals surface area contributed by atoms with Crippen molar-refractivity contribution in [3.8, 4) is 5.75 Å². The van der Waals surface area contributed by atoms with E-state index in [4.69, 9.17) is 11.6 Å². The van der Waals surface area contributed by atoms with Crippen molar-refractivity contribution in [2.75, 3.05) is 4.90 Å². The topological polar surface area (TPSA) is 95.0 Å². The van der Waals surface area contributed by atoms with Crippen LogP contribution in [0.4, 0.5) is 5.69 Å². The molecule has 4 aliphatic rings. The molecule has 0 spiro atoms. The van der Waals surface area contributed by atoms with Gasteiger partial charge >= 0.3 is 0 Å². The van der Waals surface area contributed by atoms with Crippen LogP contribution in [0.5, 0.6) is 5.75 Å². The van der Waals surface area contributed by atoms with E-state index in [1.54, 1.807) is 30.3 Å². The van der Waals surface area contributed by atoms with Crippen LogP contribution in [-0.4, -0.2) is 33.6 Å². The van der Waals surface area contributed by atoms with Crippen molar-refractivity contribution in [3.63, 3.8) is 0 Å². The molecule has 3 heterocycles. The van der Waals surface area contributed by atoms with Gasteiger partial charge in [0, 0.05) is 21.4 Å². The van der Waals surface area contributed by atoms with E-state index in [0.29, 0.717) is 28.3 Å². The number of amides is 4. The molecule has 4 amide bonds. The summed E-state index contributed by atoms with van der Waals surface area (Å²) in [4.78, 5) is 62.4. The van der Waals surface area contributed by atoms with Crippen LogP contribution in [0.25, 0.3) is 10.8 Å². The molecule has 0 radical (unpaired) electrons. The fourth-order valence-corrected chi connectivity index (χ4v) is 10.3. The van der Waals surface area contributed by atoms with Crippen LogP contribution >= 0.6 is 22.9 Å². The van der Waals surface area contributed by atoms with Crippen molar-refractivity contribution in [2.24, 2.45) is 23.7 Å². The standard InChI is InChI=1S/C41H31ClN2O5S/c42-25-11-6-12-26(20-25)44-38(47)32-21-31-29(16-17-30-34(31)39(48)43(37(30)46)22-27-13-7-19-50-27)36(41(32,40(44)49)24-9-2-1-3-10-24)35-28-14-5-4-8-23(28)15-18-33(35)45/h1-16,18-20,30-32,34,36,45H,17,21-22H2. The zero-order chi connectivity index (χ0) is 34.3. The SMILES string of the molecule is O=C1C2CC=C3C(CC4C(=O)N(c5cccc(Cl)c5)C(=O)C4(c4ccccc4)C3c3c(O)ccc4ccccc34)C2C(=O)N1Cc1cccs1. The average Bonchev–Trinajstić information content (AvgIpc) is 3.79. The molecule has 6 unspecified atom stereocenters. The number of hydrogen-bond donors (Lipinski definition) is 1. The van der Waals surface area contributed by atoms with Crippen LogP contribution in [0.1, 0.15) is 34.8 Å².